The maximum absolute atomic E-state index is 13.2. The monoisotopic (exact) mass is 410 g/mol. The smallest absolute Gasteiger partial charge is 0.312 e. The molecule has 1 aliphatic heterocycles. The first kappa shape index (κ1) is 19.0. The van der Waals surface area contributed by atoms with Crippen LogP contribution in [0.15, 0.2) is 54.6 Å². The van der Waals surface area contributed by atoms with E-state index in [2.05, 4.69) is 31.3 Å². The fraction of sp³-hybridized carbons (Fsp3) is 0.261. The highest BCUT2D eigenvalue weighted by molar-refractivity contribution is 7.12. The highest BCUT2D eigenvalue weighted by atomic mass is 35.5. The second-order valence-corrected chi connectivity index (χ2v) is 8.66. The molecule has 0 bridgehead atoms. The Bertz CT molecular complexity index is 999. The number of carbonyl (C=O) groups is 1. The Morgan fingerprint density at radius 3 is 2.61 bits per heavy atom. The largest absolute Gasteiger partial charge is 0.322 e. The van der Waals surface area contributed by atoms with Gasteiger partial charge >= 0.3 is 6.03 Å². The fourth-order valence-corrected chi connectivity index (χ4v) is 5.67. The lowest BCUT2D eigenvalue weighted by Crippen LogP contribution is -2.42. The van der Waals surface area contributed by atoms with E-state index in [1.807, 2.05) is 52.6 Å². The number of anilines is 1. The molecule has 0 fully saturated rings. The van der Waals surface area contributed by atoms with E-state index in [-0.39, 0.29) is 12.1 Å². The molecule has 2 aromatic carbocycles. The van der Waals surface area contributed by atoms with Gasteiger partial charge in [-0.05, 0) is 48.6 Å². The van der Waals surface area contributed by atoms with Gasteiger partial charge in [-0.25, -0.2) is 4.79 Å². The van der Waals surface area contributed by atoms with Gasteiger partial charge in [0.05, 0.1) is 16.8 Å². The summed E-state index contributed by atoms with van der Waals surface area (Å²) in [6.07, 6.45) is 1.92. The van der Waals surface area contributed by atoms with Gasteiger partial charge in [-0.2, -0.15) is 0 Å². The number of rotatable bonds is 3. The first-order valence-corrected chi connectivity index (χ1v) is 10.8. The normalized spacial score (nSPS) is 16.0. The van der Waals surface area contributed by atoms with Crippen molar-refractivity contribution in [2.45, 2.75) is 32.7 Å². The number of urea groups is 1. The van der Waals surface area contributed by atoms with E-state index in [9.17, 15) is 4.79 Å². The van der Waals surface area contributed by atoms with Gasteiger partial charge in [-0.15, -0.1) is 11.3 Å². The van der Waals surface area contributed by atoms with E-state index in [1.54, 1.807) is 6.07 Å². The third-order valence-corrected chi connectivity index (χ3v) is 6.93. The van der Waals surface area contributed by atoms with Gasteiger partial charge in [0.1, 0.15) is 0 Å². The topological polar surface area (TPSA) is 32.3 Å². The van der Waals surface area contributed by atoms with Crippen LogP contribution < -0.4 is 5.32 Å². The Morgan fingerprint density at radius 2 is 1.89 bits per heavy atom. The zero-order valence-electron chi connectivity index (χ0n) is 16.0. The van der Waals surface area contributed by atoms with E-state index in [0.29, 0.717) is 17.3 Å². The number of hydrogen-bond acceptors (Lipinski definition) is 2. The number of aryl methyl sites for hydroxylation is 1. The molecule has 28 heavy (non-hydrogen) atoms. The van der Waals surface area contributed by atoms with Crippen LogP contribution in [-0.4, -0.2) is 17.5 Å². The molecule has 0 aliphatic carbocycles. The van der Waals surface area contributed by atoms with Gasteiger partial charge in [0, 0.05) is 16.3 Å². The molecule has 0 saturated heterocycles. The van der Waals surface area contributed by atoms with Crippen LogP contribution in [0.1, 0.15) is 39.4 Å². The summed E-state index contributed by atoms with van der Waals surface area (Å²) in [5.74, 6) is 0. The quantitative estimate of drug-likeness (QED) is 0.528. The molecule has 1 unspecified atom stereocenters. The molecular formula is C23H23ClN2OS. The average Bonchev–Trinajstić information content (AvgIpc) is 3.04. The number of para-hydroxylation sites is 1. The van der Waals surface area contributed by atoms with E-state index in [1.165, 1.54) is 20.9 Å². The molecule has 2 amide bonds. The van der Waals surface area contributed by atoms with Crippen LogP contribution in [0.25, 0.3) is 0 Å². The van der Waals surface area contributed by atoms with Crippen LogP contribution in [0.4, 0.5) is 10.5 Å². The van der Waals surface area contributed by atoms with Crippen LogP contribution in [-0.2, 0) is 12.8 Å². The lowest BCUT2D eigenvalue weighted by molar-refractivity contribution is 0.195. The Balaban J connectivity index is 1.74. The van der Waals surface area contributed by atoms with E-state index >= 15 is 0 Å². The number of thiophene rings is 1. The molecule has 1 aliphatic rings. The molecule has 0 spiro atoms. The van der Waals surface area contributed by atoms with E-state index in [4.69, 9.17) is 11.6 Å². The summed E-state index contributed by atoms with van der Waals surface area (Å²) in [7, 11) is 0. The average molecular weight is 411 g/mol. The number of nitrogens with one attached hydrogen (secondary N) is 1. The van der Waals surface area contributed by atoms with Crippen LogP contribution in [0.3, 0.4) is 0 Å². The van der Waals surface area contributed by atoms with Crippen molar-refractivity contribution < 1.29 is 4.79 Å². The van der Waals surface area contributed by atoms with Crippen LogP contribution in [0, 0.1) is 6.92 Å². The van der Waals surface area contributed by atoms with Gasteiger partial charge in [-0.3, -0.25) is 0 Å². The fourth-order valence-electron chi connectivity index (χ4n) is 4.04. The molecule has 5 heteroatoms. The van der Waals surface area contributed by atoms with E-state index < -0.39 is 0 Å². The standard InChI is InChI=1S/C23H23ClN2OS/c1-3-17-15(2)28-22-18(17)13-14-26(21(22)16-9-5-4-6-10-16)23(27)25-20-12-8-7-11-19(20)24/h4-12,21H,3,13-14H2,1-2H3,(H,25,27). The molecule has 3 aromatic rings. The minimum Gasteiger partial charge on any atom is -0.312 e. The lowest BCUT2D eigenvalue weighted by Gasteiger charge is -2.36. The predicted molar refractivity (Wildman–Crippen MR) is 118 cm³/mol. The van der Waals surface area contributed by atoms with Crippen LogP contribution in [0.5, 0.6) is 0 Å². The van der Waals surface area contributed by atoms with Crippen molar-refractivity contribution in [1.82, 2.24) is 4.90 Å². The van der Waals surface area contributed by atoms with Crippen LogP contribution in [0.2, 0.25) is 5.02 Å². The molecule has 1 N–H and O–H groups in total. The number of fused-ring (bicyclic) bond motifs is 1. The van der Waals surface area contributed by atoms with Crippen molar-refractivity contribution in [2.24, 2.45) is 0 Å². The number of amides is 2. The number of nitrogens with zero attached hydrogens (tertiary/aromatic N) is 1. The van der Waals surface area contributed by atoms with Crippen molar-refractivity contribution in [1.29, 1.82) is 0 Å². The molecule has 3 nitrogen and oxygen atoms in total. The first-order valence-electron chi connectivity index (χ1n) is 9.58. The molecular weight excluding hydrogens is 388 g/mol. The van der Waals surface area contributed by atoms with Crippen molar-refractivity contribution in [3.05, 3.63) is 86.1 Å². The number of halogens is 1. The summed E-state index contributed by atoms with van der Waals surface area (Å²) in [5, 5.41) is 3.55. The van der Waals surface area contributed by atoms with Crippen molar-refractivity contribution >= 4 is 34.7 Å². The Hall–Kier alpha value is -2.30. The maximum atomic E-state index is 13.2. The highest BCUT2D eigenvalue weighted by Gasteiger charge is 2.35. The second-order valence-electron chi connectivity index (χ2n) is 7.00. The maximum Gasteiger partial charge on any atom is 0.322 e. The summed E-state index contributed by atoms with van der Waals surface area (Å²) in [4.78, 5) is 17.8. The first-order chi connectivity index (χ1) is 13.6. The van der Waals surface area contributed by atoms with Gasteiger partial charge < -0.3 is 10.2 Å². The lowest BCUT2D eigenvalue weighted by atomic mass is 9.92. The molecule has 2 heterocycles. The zero-order valence-corrected chi connectivity index (χ0v) is 17.6. The summed E-state index contributed by atoms with van der Waals surface area (Å²) >= 11 is 8.08. The number of hydrogen-bond donors (Lipinski definition) is 1. The van der Waals surface area contributed by atoms with Gasteiger partial charge in [0.25, 0.3) is 0 Å². The summed E-state index contributed by atoms with van der Waals surface area (Å²) in [6, 6.07) is 17.5. The third-order valence-electron chi connectivity index (χ3n) is 5.36. The third kappa shape index (κ3) is 3.43. The summed E-state index contributed by atoms with van der Waals surface area (Å²) in [5.41, 5.74) is 4.66. The number of carbonyl (C=O) groups excluding carboxylic acids is 1. The number of benzene rings is 2. The Morgan fingerprint density at radius 1 is 1.18 bits per heavy atom. The van der Waals surface area contributed by atoms with Gasteiger partial charge in [0.15, 0.2) is 0 Å². The van der Waals surface area contributed by atoms with Gasteiger partial charge in [-0.1, -0.05) is 61.0 Å². The van der Waals surface area contributed by atoms with Crippen molar-refractivity contribution in [3.63, 3.8) is 0 Å². The van der Waals surface area contributed by atoms with Gasteiger partial charge in [0.2, 0.25) is 0 Å². The zero-order chi connectivity index (χ0) is 19.7. The summed E-state index contributed by atoms with van der Waals surface area (Å²) < 4.78 is 0. The highest BCUT2D eigenvalue weighted by Crippen LogP contribution is 2.43. The molecule has 0 saturated carbocycles. The molecule has 144 valence electrons. The minimum atomic E-state index is -0.114. The van der Waals surface area contributed by atoms with E-state index in [0.717, 1.165) is 18.4 Å². The second kappa shape index (κ2) is 7.98. The molecule has 1 atom stereocenters. The predicted octanol–water partition coefficient (Wildman–Crippen LogP) is 6.45. The van der Waals surface area contributed by atoms with Crippen molar-refractivity contribution in [2.75, 3.05) is 11.9 Å². The molecule has 0 radical (unpaired) electrons. The molecule has 1 aromatic heterocycles. The Labute approximate surface area is 175 Å². The van der Waals surface area contributed by atoms with Crippen LogP contribution >= 0.6 is 22.9 Å². The summed E-state index contributed by atoms with van der Waals surface area (Å²) in [6.45, 7) is 5.09. The minimum absolute atomic E-state index is 0.0727. The van der Waals surface area contributed by atoms with Crippen molar-refractivity contribution in [3.8, 4) is 0 Å². The SMILES string of the molecule is CCc1c(C)sc2c1CCN(C(=O)Nc1ccccc1Cl)C2c1ccccc1. The Kier molecular flexibility index (Phi) is 5.42. The molecule has 4 rings (SSSR count).